The third-order valence-electron chi connectivity index (χ3n) is 3.12. The van der Waals surface area contributed by atoms with E-state index < -0.39 is 0 Å². The zero-order valence-corrected chi connectivity index (χ0v) is 14.0. The molecule has 0 fully saturated rings. The second-order valence-corrected chi connectivity index (χ2v) is 6.06. The zero-order valence-electron chi connectivity index (χ0n) is 14.0. The van der Waals surface area contributed by atoms with Crippen molar-refractivity contribution in [2.24, 2.45) is 11.8 Å². The molecule has 0 atom stereocenters. The Balaban J connectivity index is 3.86. The van der Waals surface area contributed by atoms with Gasteiger partial charge in [0.15, 0.2) is 0 Å². The number of hydrogen-bond donors (Lipinski definition) is 0. The molecule has 4 heteroatoms. The molecule has 0 bridgehead atoms. The summed E-state index contributed by atoms with van der Waals surface area (Å²) in [5.41, 5.74) is 0. The molecule has 0 heterocycles. The quantitative estimate of drug-likeness (QED) is 0.408. The number of nitrogens with zero attached hydrogens (tertiary/aromatic N) is 1. The first kappa shape index (κ1) is 19.4. The predicted molar refractivity (Wildman–Crippen MR) is 82.8 cm³/mol. The highest BCUT2D eigenvalue weighted by molar-refractivity contribution is 5.70. The molecular weight excluding hydrogens is 254 g/mol. The first-order valence-electron chi connectivity index (χ1n) is 7.91. The molecule has 0 radical (unpaired) electrons. The highest BCUT2D eigenvalue weighted by Gasteiger charge is 2.08. The summed E-state index contributed by atoms with van der Waals surface area (Å²) in [5.74, 6) is 1.16. The summed E-state index contributed by atoms with van der Waals surface area (Å²) < 4.78 is 10.2. The summed E-state index contributed by atoms with van der Waals surface area (Å²) >= 11 is 0. The highest BCUT2D eigenvalue weighted by atomic mass is 16.6. The van der Waals surface area contributed by atoms with E-state index in [1.807, 2.05) is 0 Å². The summed E-state index contributed by atoms with van der Waals surface area (Å²) in [7, 11) is 0. The SMILES string of the molecule is CCOC(=O)COCCN(CCC(C)C)CCC(C)C. The van der Waals surface area contributed by atoms with Gasteiger partial charge in [-0.15, -0.1) is 0 Å². The lowest BCUT2D eigenvalue weighted by molar-refractivity contribution is -0.148. The second kappa shape index (κ2) is 12.2. The summed E-state index contributed by atoms with van der Waals surface area (Å²) in [6, 6.07) is 0. The van der Waals surface area contributed by atoms with Gasteiger partial charge in [-0.1, -0.05) is 27.7 Å². The molecule has 0 aliphatic carbocycles. The van der Waals surface area contributed by atoms with Crippen molar-refractivity contribution in [3.8, 4) is 0 Å². The molecule has 0 aromatic heterocycles. The van der Waals surface area contributed by atoms with E-state index >= 15 is 0 Å². The predicted octanol–water partition coefficient (Wildman–Crippen LogP) is 2.96. The molecule has 0 rings (SSSR count). The molecule has 0 amide bonds. The third-order valence-corrected chi connectivity index (χ3v) is 3.12. The van der Waals surface area contributed by atoms with E-state index in [4.69, 9.17) is 9.47 Å². The van der Waals surface area contributed by atoms with Crippen LogP contribution in [0.5, 0.6) is 0 Å². The Morgan fingerprint density at radius 1 is 1.00 bits per heavy atom. The molecule has 0 aromatic rings. The van der Waals surface area contributed by atoms with Crippen molar-refractivity contribution in [2.45, 2.75) is 47.5 Å². The van der Waals surface area contributed by atoms with Gasteiger partial charge < -0.3 is 14.4 Å². The first-order valence-corrected chi connectivity index (χ1v) is 7.91. The molecule has 0 spiro atoms. The fourth-order valence-electron chi connectivity index (χ4n) is 1.77. The minimum atomic E-state index is -0.275. The van der Waals surface area contributed by atoms with Gasteiger partial charge in [-0.3, -0.25) is 0 Å². The first-order chi connectivity index (χ1) is 9.45. The van der Waals surface area contributed by atoms with E-state index in [9.17, 15) is 4.79 Å². The maximum absolute atomic E-state index is 11.2. The van der Waals surface area contributed by atoms with E-state index in [1.165, 1.54) is 12.8 Å². The van der Waals surface area contributed by atoms with E-state index in [-0.39, 0.29) is 12.6 Å². The van der Waals surface area contributed by atoms with Gasteiger partial charge in [-0.2, -0.15) is 0 Å². The topological polar surface area (TPSA) is 38.8 Å². The number of rotatable bonds is 12. The van der Waals surface area contributed by atoms with Crippen LogP contribution < -0.4 is 0 Å². The molecule has 0 saturated heterocycles. The van der Waals surface area contributed by atoms with Gasteiger partial charge in [0.1, 0.15) is 6.61 Å². The maximum atomic E-state index is 11.2. The summed E-state index contributed by atoms with van der Waals surface area (Å²) in [6.45, 7) is 15.0. The number of esters is 1. The molecule has 4 nitrogen and oxygen atoms in total. The van der Waals surface area contributed by atoms with Crippen LogP contribution in [-0.4, -0.2) is 50.3 Å². The van der Waals surface area contributed by atoms with Gasteiger partial charge in [-0.05, 0) is 44.7 Å². The molecule has 0 aromatic carbocycles. The molecule has 120 valence electrons. The Hall–Kier alpha value is -0.610. The van der Waals surface area contributed by atoms with Crippen molar-refractivity contribution < 1.29 is 14.3 Å². The number of ether oxygens (including phenoxy) is 2. The van der Waals surface area contributed by atoms with Crippen molar-refractivity contribution in [3.63, 3.8) is 0 Å². The monoisotopic (exact) mass is 287 g/mol. The highest BCUT2D eigenvalue weighted by Crippen LogP contribution is 2.06. The molecular formula is C16H33NO3. The lowest BCUT2D eigenvalue weighted by Gasteiger charge is -2.24. The van der Waals surface area contributed by atoms with Gasteiger partial charge >= 0.3 is 5.97 Å². The lowest BCUT2D eigenvalue weighted by atomic mass is 10.1. The van der Waals surface area contributed by atoms with E-state index in [1.54, 1.807) is 6.92 Å². The largest absolute Gasteiger partial charge is 0.464 e. The second-order valence-electron chi connectivity index (χ2n) is 6.06. The van der Waals surface area contributed by atoms with Crippen molar-refractivity contribution in [1.29, 1.82) is 0 Å². The van der Waals surface area contributed by atoms with Crippen molar-refractivity contribution in [2.75, 3.05) is 39.5 Å². The molecule has 0 aliphatic rings. The fourth-order valence-corrected chi connectivity index (χ4v) is 1.77. The van der Waals surface area contributed by atoms with Crippen molar-refractivity contribution >= 4 is 5.97 Å². The average molecular weight is 287 g/mol. The van der Waals surface area contributed by atoms with Gasteiger partial charge in [0.25, 0.3) is 0 Å². The van der Waals surface area contributed by atoms with Crippen LogP contribution in [0.15, 0.2) is 0 Å². The van der Waals surface area contributed by atoms with Crippen LogP contribution in [0.3, 0.4) is 0 Å². The van der Waals surface area contributed by atoms with Gasteiger partial charge in [0.05, 0.1) is 13.2 Å². The Kier molecular flexibility index (Phi) is 11.8. The van der Waals surface area contributed by atoms with Crippen LogP contribution >= 0.6 is 0 Å². The Bertz CT molecular complexity index is 230. The normalized spacial score (nSPS) is 11.6. The number of hydrogen-bond acceptors (Lipinski definition) is 4. The van der Waals surface area contributed by atoms with Crippen LogP contribution in [-0.2, 0) is 14.3 Å². The third kappa shape index (κ3) is 12.4. The summed E-state index contributed by atoms with van der Waals surface area (Å²) in [6.07, 6.45) is 2.41. The van der Waals surface area contributed by atoms with Crippen LogP contribution in [0, 0.1) is 11.8 Å². The number of carbonyl (C=O) groups is 1. The smallest absolute Gasteiger partial charge is 0.332 e. The fraction of sp³-hybridized carbons (Fsp3) is 0.938. The van der Waals surface area contributed by atoms with E-state index in [0.29, 0.717) is 13.2 Å². The number of carbonyl (C=O) groups excluding carboxylic acids is 1. The summed E-state index contributed by atoms with van der Waals surface area (Å²) in [5, 5.41) is 0. The van der Waals surface area contributed by atoms with Crippen LogP contribution in [0.4, 0.5) is 0 Å². The van der Waals surface area contributed by atoms with E-state index in [0.717, 1.165) is 31.5 Å². The maximum Gasteiger partial charge on any atom is 0.332 e. The molecule has 0 aliphatic heterocycles. The molecule has 0 N–H and O–H groups in total. The van der Waals surface area contributed by atoms with Crippen LogP contribution in [0.25, 0.3) is 0 Å². The minimum absolute atomic E-state index is 0.0655. The van der Waals surface area contributed by atoms with Gasteiger partial charge in [0, 0.05) is 6.54 Å². The lowest BCUT2D eigenvalue weighted by Crippen LogP contribution is -2.31. The Morgan fingerprint density at radius 3 is 2.00 bits per heavy atom. The molecule has 0 unspecified atom stereocenters. The average Bonchev–Trinajstić information content (AvgIpc) is 2.36. The standard InChI is InChI=1S/C16H33NO3/c1-6-20-16(18)13-19-12-11-17(9-7-14(2)3)10-8-15(4)5/h14-15H,6-13H2,1-5H3. The van der Waals surface area contributed by atoms with Crippen LogP contribution in [0.2, 0.25) is 0 Å². The summed E-state index contributed by atoms with van der Waals surface area (Å²) in [4.78, 5) is 13.6. The minimum Gasteiger partial charge on any atom is -0.464 e. The van der Waals surface area contributed by atoms with E-state index in [2.05, 4.69) is 32.6 Å². The Labute approximate surface area is 124 Å². The van der Waals surface area contributed by atoms with Crippen LogP contribution in [0.1, 0.15) is 47.5 Å². The Morgan fingerprint density at radius 2 is 1.55 bits per heavy atom. The van der Waals surface area contributed by atoms with Gasteiger partial charge in [0.2, 0.25) is 0 Å². The molecule has 0 saturated carbocycles. The van der Waals surface area contributed by atoms with Crippen molar-refractivity contribution in [1.82, 2.24) is 4.90 Å². The molecule has 20 heavy (non-hydrogen) atoms. The van der Waals surface area contributed by atoms with Gasteiger partial charge in [-0.25, -0.2) is 4.79 Å². The van der Waals surface area contributed by atoms with Crippen molar-refractivity contribution in [3.05, 3.63) is 0 Å². The zero-order chi connectivity index (χ0) is 15.4.